The number of carboxylic acids is 1. The van der Waals surface area contributed by atoms with Gasteiger partial charge in [-0.1, -0.05) is 36.2 Å². The minimum atomic E-state index is -4.78. The number of nitrogens with one attached hydrogen (secondary N) is 1. The third-order valence-electron chi connectivity index (χ3n) is 7.56. The number of aromatic nitrogens is 1. The molecule has 1 fully saturated rings. The highest BCUT2D eigenvalue weighted by Gasteiger charge is 2.37. The zero-order chi connectivity index (χ0) is 31.6. The summed E-state index contributed by atoms with van der Waals surface area (Å²) in [7, 11) is 1.15. The average Bonchev–Trinajstić information content (AvgIpc) is 2.92. The first kappa shape index (κ1) is 32.4. The van der Waals surface area contributed by atoms with Crippen molar-refractivity contribution in [1.29, 1.82) is 0 Å². The molecule has 2 atom stereocenters. The van der Waals surface area contributed by atoms with Gasteiger partial charge in [0, 0.05) is 35.4 Å². The number of carboxylic acid groups (broad SMARTS) is 1. The number of fused-ring (bicyclic) bond motifs is 1. The fourth-order valence-corrected chi connectivity index (χ4v) is 6.27. The van der Waals surface area contributed by atoms with Crippen molar-refractivity contribution in [3.8, 4) is 5.75 Å². The molecule has 1 aromatic heterocycles. The van der Waals surface area contributed by atoms with Crippen LogP contribution in [0.25, 0.3) is 10.9 Å². The number of ether oxygens (including phenoxy) is 1. The number of amides is 1. The van der Waals surface area contributed by atoms with E-state index in [0.29, 0.717) is 41.0 Å². The molecule has 2 N–H and O–H groups in total. The number of benzene rings is 2. The first-order chi connectivity index (χ1) is 20.2. The predicted molar refractivity (Wildman–Crippen MR) is 155 cm³/mol. The van der Waals surface area contributed by atoms with E-state index in [1.165, 1.54) is 12.1 Å². The van der Waals surface area contributed by atoms with E-state index in [4.69, 9.17) is 27.9 Å². The van der Waals surface area contributed by atoms with Gasteiger partial charge in [-0.3, -0.25) is 14.4 Å². The van der Waals surface area contributed by atoms with Gasteiger partial charge in [0.2, 0.25) is 5.43 Å². The summed E-state index contributed by atoms with van der Waals surface area (Å²) in [5.74, 6) is -3.60. The maximum absolute atomic E-state index is 15.9. The number of alkyl halides is 3. The normalized spacial score (nSPS) is 17.3. The molecule has 2 aromatic carbocycles. The number of piperidine rings is 1. The smallest absolute Gasteiger partial charge is 0.406 e. The summed E-state index contributed by atoms with van der Waals surface area (Å²) in [5.41, 5.74) is -1.69. The van der Waals surface area contributed by atoms with Crippen LogP contribution in [0.4, 0.5) is 23.2 Å². The van der Waals surface area contributed by atoms with E-state index in [0.717, 1.165) is 19.4 Å². The van der Waals surface area contributed by atoms with Gasteiger partial charge in [0.05, 0.1) is 24.4 Å². The molecule has 1 aliphatic rings. The van der Waals surface area contributed by atoms with Gasteiger partial charge in [-0.15, -0.1) is 0 Å². The number of aliphatic carboxylic acids is 1. The van der Waals surface area contributed by atoms with Crippen molar-refractivity contribution < 1.29 is 37.0 Å². The number of halogens is 6. The Morgan fingerprint density at radius 3 is 2.53 bits per heavy atom. The number of carbonyl (C=O) groups is 2. The highest BCUT2D eigenvalue weighted by Crippen LogP contribution is 2.43. The van der Waals surface area contributed by atoms with Crippen LogP contribution in [0.2, 0.25) is 10.0 Å². The number of hydrogen-bond donors (Lipinski definition) is 2. The topological polar surface area (TPSA) is 101 Å². The van der Waals surface area contributed by atoms with Crippen LogP contribution in [0.3, 0.4) is 0 Å². The minimum absolute atomic E-state index is 0.160. The highest BCUT2D eigenvalue weighted by molar-refractivity contribution is 6.35. The summed E-state index contributed by atoms with van der Waals surface area (Å²) >= 11 is 12.0. The summed E-state index contributed by atoms with van der Waals surface area (Å²) in [5, 5.41) is 12.0. The Kier molecular flexibility index (Phi) is 9.80. The maximum atomic E-state index is 15.9. The van der Waals surface area contributed by atoms with Gasteiger partial charge in [0.25, 0.3) is 5.91 Å². The van der Waals surface area contributed by atoms with Gasteiger partial charge in [-0.05, 0) is 48.9 Å². The molecule has 0 aliphatic carbocycles. The van der Waals surface area contributed by atoms with E-state index < -0.39 is 52.8 Å². The van der Waals surface area contributed by atoms with E-state index in [1.807, 2.05) is 6.92 Å². The van der Waals surface area contributed by atoms with E-state index in [2.05, 4.69) is 5.32 Å². The molecule has 0 saturated carbocycles. The Hall–Kier alpha value is -3.51. The molecule has 1 saturated heterocycles. The lowest BCUT2D eigenvalue weighted by Crippen LogP contribution is -2.46. The van der Waals surface area contributed by atoms with Crippen molar-refractivity contribution in [2.24, 2.45) is 5.92 Å². The molecular formula is C29H29Cl2F4N3O5. The quantitative estimate of drug-likeness (QED) is 0.261. The van der Waals surface area contributed by atoms with Crippen molar-refractivity contribution >= 4 is 51.7 Å². The predicted octanol–water partition coefficient (Wildman–Crippen LogP) is 6.42. The second-order valence-electron chi connectivity index (χ2n) is 10.3. The monoisotopic (exact) mass is 645 g/mol. The van der Waals surface area contributed by atoms with E-state index in [1.54, 1.807) is 11.0 Å². The van der Waals surface area contributed by atoms with Gasteiger partial charge in [-0.2, -0.15) is 13.2 Å². The first-order valence-electron chi connectivity index (χ1n) is 13.5. The summed E-state index contributed by atoms with van der Waals surface area (Å²) in [6.07, 6.45) is -2.63. The van der Waals surface area contributed by atoms with Crippen LogP contribution in [0.1, 0.15) is 48.5 Å². The summed E-state index contributed by atoms with van der Waals surface area (Å²) in [4.78, 5) is 39.7. The lowest BCUT2D eigenvalue weighted by Gasteiger charge is -2.43. The largest absolute Gasteiger partial charge is 0.492 e. The van der Waals surface area contributed by atoms with E-state index in [-0.39, 0.29) is 40.9 Å². The average molecular weight is 646 g/mol. The molecule has 14 heteroatoms. The van der Waals surface area contributed by atoms with Crippen LogP contribution in [-0.4, -0.2) is 47.4 Å². The third kappa shape index (κ3) is 7.01. The summed E-state index contributed by atoms with van der Waals surface area (Å²) in [6, 6.07) is 4.88. The number of rotatable bonds is 9. The third-order valence-corrected chi connectivity index (χ3v) is 8.14. The second kappa shape index (κ2) is 13.0. The molecule has 0 radical (unpaired) electrons. The van der Waals surface area contributed by atoms with Gasteiger partial charge >= 0.3 is 12.1 Å². The molecule has 1 aliphatic heterocycles. The van der Waals surface area contributed by atoms with Crippen molar-refractivity contribution in [3.63, 3.8) is 0 Å². The van der Waals surface area contributed by atoms with Crippen molar-refractivity contribution in [1.82, 2.24) is 9.88 Å². The van der Waals surface area contributed by atoms with Crippen molar-refractivity contribution in [2.45, 2.75) is 57.9 Å². The molecule has 4 rings (SSSR count). The number of hydrogen-bond acceptors (Lipinski definition) is 5. The zero-order valence-electron chi connectivity index (χ0n) is 23.2. The SMILES string of the molecule is CCC1C(CC(=O)O)CCCN1c1c(F)cc2c(=O)c(C(=O)NCc3ccc(Cl)cc3Cl)cn(CC(F)(F)F)c2c1OC. The maximum Gasteiger partial charge on any atom is 0.406 e. The number of carbonyl (C=O) groups excluding carboxylic acids is 1. The Labute approximate surface area is 254 Å². The van der Waals surface area contributed by atoms with Gasteiger partial charge < -0.3 is 24.6 Å². The van der Waals surface area contributed by atoms with Gasteiger partial charge in [0.1, 0.15) is 17.8 Å². The van der Waals surface area contributed by atoms with Crippen LogP contribution in [0.15, 0.2) is 35.3 Å². The van der Waals surface area contributed by atoms with E-state index in [9.17, 15) is 32.7 Å². The molecule has 1 amide bonds. The molecule has 43 heavy (non-hydrogen) atoms. The number of methoxy groups -OCH3 is 1. The highest BCUT2D eigenvalue weighted by atomic mass is 35.5. The van der Waals surface area contributed by atoms with Crippen LogP contribution in [0.5, 0.6) is 5.75 Å². The van der Waals surface area contributed by atoms with Crippen molar-refractivity contribution in [2.75, 3.05) is 18.6 Å². The molecular weight excluding hydrogens is 617 g/mol. The van der Waals surface area contributed by atoms with Gasteiger partial charge in [0.15, 0.2) is 11.6 Å². The molecule has 2 unspecified atom stereocenters. The Morgan fingerprint density at radius 2 is 1.93 bits per heavy atom. The molecule has 0 bridgehead atoms. The fourth-order valence-electron chi connectivity index (χ4n) is 5.80. The van der Waals surface area contributed by atoms with Crippen LogP contribution < -0.4 is 20.4 Å². The molecule has 232 valence electrons. The number of pyridine rings is 1. The number of anilines is 1. The van der Waals surface area contributed by atoms with E-state index >= 15 is 4.39 Å². The van der Waals surface area contributed by atoms with Gasteiger partial charge in [-0.25, -0.2) is 4.39 Å². The van der Waals surface area contributed by atoms with Crippen LogP contribution >= 0.6 is 23.2 Å². The Bertz CT molecular complexity index is 1610. The second-order valence-corrected chi connectivity index (χ2v) is 11.2. The summed E-state index contributed by atoms with van der Waals surface area (Å²) < 4.78 is 63.5. The fraction of sp³-hybridized carbons (Fsp3) is 0.414. The zero-order valence-corrected chi connectivity index (χ0v) is 24.7. The molecule has 3 aromatic rings. The first-order valence-corrected chi connectivity index (χ1v) is 14.2. The lowest BCUT2D eigenvalue weighted by atomic mass is 9.84. The Morgan fingerprint density at radius 1 is 1.21 bits per heavy atom. The van der Waals surface area contributed by atoms with Crippen molar-refractivity contribution in [3.05, 3.63) is 67.7 Å². The number of nitrogens with zero attached hydrogens (tertiary/aromatic N) is 2. The standard InChI is InChI=1S/C29H29Cl2F4N3O5/c1-3-22-15(9-23(39)40)5-4-8-38(22)25-21(32)11-18-24(27(25)43-2)37(14-29(33,34)35)13-19(26(18)41)28(42)36-12-16-6-7-17(30)10-20(16)31/h6-7,10-11,13,15,22H,3-5,8-9,12,14H2,1-2H3,(H,36,42)(H,39,40). The molecule has 0 spiro atoms. The summed E-state index contributed by atoms with van der Waals surface area (Å²) in [6.45, 7) is 0.343. The molecule has 2 heterocycles. The Balaban J connectivity index is 1.86. The lowest BCUT2D eigenvalue weighted by molar-refractivity contribution is -0.140. The minimum Gasteiger partial charge on any atom is -0.492 e. The van der Waals surface area contributed by atoms with Crippen LogP contribution in [0, 0.1) is 11.7 Å². The van der Waals surface area contributed by atoms with Crippen LogP contribution in [-0.2, 0) is 17.9 Å². The molecule has 8 nitrogen and oxygen atoms in total.